The zero-order valence-electron chi connectivity index (χ0n) is 15.0. The van der Waals surface area contributed by atoms with Crippen molar-refractivity contribution in [3.63, 3.8) is 0 Å². The maximum atomic E-state index is 12.3. The minimum Gasteiger partial charge on any atom is -0.484 e. The number of carbonyl (C=O) groups is 1. The molecule has 0 aliphatic carbocycles. The highest BCUT2D eigenvalue weighted by atomic mass is 16.5. The molecule has 24 heavy (non-hydrogen) atoms. The molecule has 3 heteroatoms. The molecule has 1 atom stereocenters. The summed E-state index contributed by atoms with van der Waals surface area (Å²) in [7, 11) is 0. The highest BCUT2D eigenvalue weighted by Crippen LogP contribution is 2.21. The van der Waals surface area contributed by atoms with Gasteiger partial charge in [-0.1, -0.05) is 50.2 Å². The van der Waals surface area contributed by atoms with Crippen LogP contribution in [0.4, 0.5) is 0 Å². The van der Waals surface area contributed by atoms with Crippen molar-refractivity contribution in [2.24, 2.45) is 5.92 Å². The van der Waals surface area contributed by atoms with Crippen molar-refractivity contribution in [1.29, 1.82) is 0 Å². The third kappa shape index (κ3) is 5.73. The van der Waals surface area contributed by atoms with Gasteiger partial charge in [-0.15, -0.1) is 0 Å². The van der Waals surface area contributed by atoms with E-state index in [1.54, 1.807) is 0 Å². The predicted octanol–water partition coefficient (Wildman–Crippen LogP) is 4.59. The highest BCUT2D eigenvalue weighted by molar-refractivity contribution is 5.78. The molecule has 0 saturated carbocycles. The van der Waals surface area contributed by atoms with Gasteiger partial charge in [0.15, 0.2) is 6.61 Å². The molecule has 0 saturated heterocycles. The molecule has 0 fully saturated rings. The smallest absolute Gasteiger partial charge is 0.258 e. The lowest BCUT2D eigenvalue weighted by atomic mass is 9.97. The van der Waals surface area contributed by atoms with Crippen LogP contribution in [0.3, 0.4) is 0 Å². The molecule has 0 aliphatic heterocycles. The molecule has 2 aromatic carbocycles. The molecule has 128 valence electrons. The number of benzene rings is 2. The first-order valence-corrected chi connectivity index (χ1v) is 8.49. The predicted molar refractivity (Wildman–Crippen MR) is 98.2 cm³/mol. The molecular formula is C21H27NO2. The van der Waals surface area contributed by atoms with Crippen molar-refractivity contribution >= 4 is 5.91 Å². The number of aryl methyl sites for hydroxylation is 2. The SMILES string of the molecule is Cc1cc(C)cc(OCC(=O)NC(CC(C)C)c2ccccc2)c1. The zero-order chi connectivity index (χ0) is 17.5. The number of hydrogen-bond acceptors (Lipinski definition) is 2. The van der Waals surface area contributed by atoms with Crippen LogP contribution in [-0.4, -0.2) is 12.5 Å². The van der Waals surface area contributed by atoms with Crippen molar-refractivity contribution in [2.45, 2.75) is 40.2 Å². The van der Waals surface area contributed by atoms with Gasteiger partial charge in [0, 0.05) is 0 Å². The monoisotopic (exact) mass is 325 g/mol. The van der Waals surface area contributed by atoms with Crippen LogP contribution in [0.25, 0.3) is 0 Å². The number of amides is 1. The second kappa shape index (κ2) is 8.53. The molecular weight excluding hydrogens is 298 g/mol. The maximum absolute atomic E-state index is 12.3. The second-order valence-corrected chi connectivity index (χ2v) is 6.77. The number of hydrogen-bond donors (Lipinski definition) is 1. The van der Waals surface area contributed by atoms with Crippen LogP contribution in [0.15, 0.2) is 48.5 Å². The standard InChI is InChI=1S/C21H27NO2/c1-15(2)10-20(18-8-6-5-7-9-18)22-21(23)14-24-19-12-16(3)11-17(4)13-19/h5-9,11-13,15,20H,10,14H2,1-4H3,(H,22,23). The first-order valence-electron chi connectivity index (χ1n) is 8.49. The van der Waals surface area contributed by atoms with Gasteiger partial charge in [-0.25, -0.2) is 0 Å². The topological polar surface area (TPSA) is 38.3 Å². The molecule has 0 aromatic heterocycles. The van der Waals surface area contributed by atoms with Crippen molar-refractivity contribution in [2.75, 3.05) is 6.61 Å². The van der Waals surface area contributed by atoms with Gasteiger partial charge in [-0.3, -0.25) is 4.79 Å². The molecule has 3 nitrogen and oxygen atoms in total. The lowest BCUT2D eigenvalue weighted by Gasteiger charge is -2.21. The molecule has 2 rings (SSSR count). The van der Waals surface area contributed by atoms with Gasteiger partial charge in [-0.2, -0.15) is 0 Å². The summed E-state index contributed by atoms with van der Waals surface area (Å²) in [6, 6.07) is 16.1. The summed E-state index contributed by atoms with van der Waals surface area (Å²) in [5.41, 5.74) is 3.39. The van der Waals surface area contributed by atoms with E-state index in [0.717, 1.165) is 28.9 Å². The molecule has 2 aromatic rings. The Morgan fingerprint density at radius 2 is 1.67 bits per heavy atom. The number of nitrogens with one attached hydrogen (secondary N) is 1. The van der Waals surface area contributed by atoms with Gasteiger partial charge in [0.05, 0.1) is 6.04 Å². The van der Waals surface area contributed by atoms with E-state index in [0.29, 0.717) is 5.92 Å². The summed E-state index contributed by atoms with van der Waals surface area (Å²) in [4.78, 5) is 12.3. The van der Waals surface area contributed by atoms with Gasteiger partial charge < -0.3 is 10.1 Å². The van der Waals surface area contributed by atoms with E-state index >= 15 is 0 Å². The Bertz CT molecular complexity index is 645. The average Bonchev–Trinajstić information content (AvgIpc) is 2.52. The Morgan fingerprint density at radius 1 is 1.04 bits per heavy atom. The van der Waals surface area contributed by atoms with Gasteiger partial charge in [0.25, 0.3) is 5.91 Å². The third-order valence-electron chi connectivity index (χ3n) is 3.81. The normalized spacial score (nSPS) is 12.0. The summed E-state index contributed by atoms with van der Waals surface area (Å²) in [6.45, 7) is 8.40. The number of carbonyl (C=O) groups excluding carboxylic acids is 1. The Hall–Kier alpha value is -2.29. The van der Waals surface area contributed by atoms with Gasteiger partial charge in [0.1, 0.15) is 5.75 Å². The van der Waals surface area contributed by atoms with Gasteiger partial charge in [0.2, 0.25) is 0 Å². The summed E-state index contributed by atoms with van der Waals surface area (Å²) < 4.78 is 5.66. The number of ether oxygens (including phenoxy) is 1. The largest absolute Gasteiger partial charge is 0.484 e. The molecule has 0 radical (unpaired) electrons. The summed E-state index contributed by atoms with van der Waals surface area (Å²) in [6.07, 6.45) is 0.902. The molecule has 0 bridgehead atoms. The van der Waals surface area contributed by atoms with Crippen LogP contribution >= 0.6 is 0 Å². The summed E-state index contributed by atoms with van der Waals surface area (Å²) in [5.74, 6) is 1.14. The minimum atomic E-state index is -0.0938. The van der Waals surface area contributed by atoms with Gasteiger partial charge >= 0.3 is 0 Å². The Morgan fingerprint density at radius 3 is 2.25 bits per heavy atom. The van der Waals surface area contributed by atoms with Crippen molar-refractivity contribution in [1.82, 2.24) is 5.32 Å². The van der Waals surface area contributed by atoms with Gasteiger partial charge in [-0.05, 0) is 55.0 Å². The van der Waals surface area contributed by atoms with Crippen molar-refractivity contribution < 1.29 is 9.53 Å². The first kappa shape index (κ1) is 18.1. The highest BCUT2D eigenvalue weighted by Gasteiger charge is 2.16. The molecule has 0 spiro atoms. The lowest BCUT2D eigenvalue weighted by molar-refractivity contribution is -0.124. The molecule has 1 amide bonds. The van der Waals surface area contributed by atoms with Crippen LogP contribution in [0.5, 0.6) is 5.75 Å². The fourth-order valence-electron chi connectivity index (χ4n) is 2.84. The minimum absolute atomic E-state index is 0.0153. The van der Waals surface area contributed by atoms with Crippen LogP contribution in [0.2, 0.25) is 0 Å². The Labute approximate surface area is 145 Å². The van der Waals surface area contributed by atoms with E-state index in [-0.39, 0.29) is 18.6 Å². The van der Waals surface area contributed by atoms with E-state index in [2.05, 4.69) is 37.4 Å². The van der Waals surface area contributed by atoms with Crippen LogP contribution < -0.4 is 10.1 Å². The molecule has 0 heterocycles. The fraction of sp³-hybridized carbons (Fsp3) is 0.381. The number of rotatable bonds is 7. The summed E-state index contributed by atoms with van der Waals surface area (Å²) >= 11 is 0. The fourth-order valence-corrected chi connectivity index (χ4v) is 2.84. The van der Waals surface area contributed by atoms with Crippen LogP contribution in [-0.2, 0) is 4.79 Å². The van der Waals surface area contributed by atoms with E-state index in [9.17, 15) is 4.79 Å². The third-order valence-corrected chi connectivity index (χ3v) is 3.81. The van der Waals surface area contributed by atoms with E-state index in [1.165, 1.54) is 0 Å². The van der Waals surface area contributed by atoms with Crippen LogP contribution in [0, 0.1) is 19.8 Å². The lowest BCUT2D eigenvalue weighted by Crippen LogP contribution is -2.33. The Kier molecular flexibility index (Phi) is 6.42. The first-order chi connectivity index (χ1) is 11.4. The zero-order valence-corrected chi connectivity index (χ0v) is 15.0. The maximum Gasteiger partial charge on any atom is 0.258 e. The molecule has 0 aliphatic rings. The molecule has 1 unspecified atom stereocenters. The van der Waals surface area contributed by atoms with Crippen molar-refractivity contribution in [3.05, 3.63) is 65.2 Å². The van der Waals surface area contributed by atoms with E-state index < -0.39 is 0 Å². The van der Waals surface area contributed by atoms with E-state index in [4.69, 9.17) is 4.74 Å². The quantitative estimate of drug-likeness (QED) is 0.809. The van der Waals surface area contributed by atoms with Crippen molar-refractivity contribution in [3.8, 4) is 5.75 Å². The summed E-state index contributed by atoms with van der Waals surface area (Å²) in [5, 5.41) is 3.10. The second-order valence-electron chi connectivity index (χ2n) is 6.77. The average molecular weight is 325 g/mol. The molecule has 1 N–H and O–H groups in total. The van der Waals surface area contributed by atoms with E-state index in [1.807, 2.05) is 44.2 Å². The Balaban J connectivity index is 1.97. The van der Waals surface area contributed by atoms with Crippen LogP contribution in [0.1, 0.15) is 43.0 Å².